The van der Waals surface area contributed by atoms with E-state index in [-0.39, 0.29) is 11.7 Å². The third kappa shape index (κ3) is 4.14. The van der Waals surface area contributed by atoms with Crippen LogP contribution in [0.25, 0.3) is 6.08 Å². The largest absolute Gasteiger partial charge is 0.497 e. The molecule has 6 nitrogen and oxygen atoms in total. The lowest BCUT2D eigenvalue weighted by Gasteiger charge is -2.36. The van der Waals surface area contributed by atoms with Crippen LogP contribution in [0.15, 0.2) is 52.4 Å². The molecule has 156 valence electrons. The quantitative estimate of drug-likeness (QED) is 0.695. The van der Waals surface area contributed by atoms with Crippen LogP contribution in [0, 0.1) is 5.82 Å². The number of nitrogens with zero attached hydrogens (tertiary/aromatic N) is 3. The van der Waals surface area contributed by atoms with E-state index in [9.17, 15) is 9.18 Å². The molecule has 0 aromatic heterocycles. The third-order valence-electron chi connectivity index (χ3n) is 5.08. The number of halogens is 1. The average molecular weight is 428 g/mol. The van der Waals surface area contributed by atoms with Gasteiger partial charge in [0, 0.05) is 37.8 Å². The van der Waals surface area contributed by atoms with Gasteiger partial charge >= 0.3 is 0 Å². The molecule has 1 fully saturated rings. The number of methoxy groups -OCH3 is 2. The fourth-order valence-electron chi connectivity index (χ4n) is 3.46. The minimum Gasteiger partial charge on any atom is -0.497 e. The van der Waals surface area contributed by atoms with E-state index in [2.05, 4.69) is 9.89 Å². The van der Waals surface area contributed by atoms with Crippen LogP contribution < -0.4 is 14.4 Å². The minimum atomic E-state index is -0.260. The molecule has 0 atom stereocenters. The first kappa shape index (κ1) is 20.3. The summed E-state index contributed by atoms with van der Waals surface area (Å²) in [6, 6.07) is 12.2. The number of ether oxygens (including phenoxy) is 2. The summed E-state index contributed by atoms with van der Waals surface area (Å²) in [6.07, 6.45) is 1.79. The van der Waals surface area contributed by atoms with Crippen LogP contribution >= 0.6 is 11.8 Å². The highest BCUT2D eigenvalue weighted by molar-refractivity contribution is 8.18. The molecule has 2 aromatic carbocycles. The van der Waals surface area contributed by atoms with Crippen molar-refractivity contribution < 1.29 is 18.7 Å². The maximum absolute atomic E-state index is 14.0. The number of carbonyl (C=O) groups is 1. The van der Waals surface area contributed by atoms with Gasteiger partial charge in [0.1, 0.15) is 17.3 Å². The monoisotopic (exact) mass is 427 g/mol. The zero-order chi connectivity index (χ0) is 21.1. The van der Waals surface area contributed by atoms with Gasteiger partial charge < -0.3 is 19.3 Å². The molecule has 2 heterocycles. The van der Waals surface area contributed by atoms with Crippen LogP contribution in [0.2, 0.25) is 0 Å². The van der Waals surface area contributed by atoms with Crippen molar-refractivity contribution in [2.75, 3.05) is 45.3 Å². The summed E-state index contributed by atoms with van der Waals surface area (Å²) >= 11 is 1.36. The van der Waals surface area contributed by atoms with Gasteiger partial charge in [-0.3, -0.25) is 4.79 Å². The highest BCUT2D eigenvalue weighted by Gasteiger charge is 2.29. The van der Waals surface area contributed by atoms with Crippen molar-refractivity contribution >= 4 is 34.6 Å². The van der Waals surface area contributed by atoms with Crippen molar-refractivity contribution in [2.24, 2.45) is 4.99 Å². The summed E-state index contributed by atoms with van der Waals surface area (Å²) in [7, 11) is 3.17. The fraction of sp³-hybridized carbons (Fsp3) is 0.273. The van der Waals surface area contributed by atoms with Gasteiger partial charge in [0.25, 0.3) is 5.91 Å². The Bertz CT molecular complexity index is 1020. The van der Waals surface area contributed by atoms with Crippen LogP contribution in [0.4, 0.5) is 10.1 Å². The Morgan fingerprint density at radius 1 is 1.03 bits per heavy atom. The number of benzene rings is 2. The Kier molecular flexibility index (Phi) is 5.94. The van der Waals surface area contributed by atoms with Crippen LogP contribution in [0.5, 0.6) is 11.5 Å². The molecule has 0 spiro atoms. The number of thioether (sulfide) groups is 1. The zero-order valence-corrected chi connectivity index (χ0v) is 17.6. The number of aliphatic imine (C=N–C) groups is 1. The van der Waals surface area contributed by atoms with Crippen LogP contribution in [0.1, 0.15) is 5.56 Å². The average Bonchev–Trinajstić information content (AvgIpc) is 3.14. The predicted octanol–water partition coefficient (Wildman–Crippen LogP) is 3.64. The Balaban J connectivity index is 1.44. The maximum Gasteiger partial charge on any atom is 0.286 e. The molecule has 30 heavy (non-hydrogen) atoms. The normalized spacial score (nSPS) is 18.0. The number of hydrogen-bond acceptors (Lipinski definition) is 6. The summed E-state index contributed by atoms with van der Waals surface area (Å²) in [5.74, 6) is 0.836. The Morgan fingerprint density at radius 3 is 2.47 bits per heavy atom. The molecule has 0 aliphatic carbocycles. The summed E-state index contributed by atoms with van der Waals surface area (Å²) in [5.41, 5.74) is 1.40. The molecule has 2 aromatic rings. The molecule has 0 saturated carbocycles. The number of rotatable bonds is 4. The number of hydrogen-bond donors (Lipinski definition) is 0. The van der Waals surface area contributed by atoms with E-state index in [0.29, 0.717) is 53.4 Å². The first-order valence-corrected chi connectivity index (χ1v) is 10.4. The molecule has 1 saturated heterocycles. The minimum absolute atomic E-state index is 0.215. The summed E-state index contributed by atoms with van der Waals surface area (Å²) in [4.78, 5) is 21.3. The number of para-hydroxylation sites is 1. The lowest BCUT2D eigenvalue weighted by molar-refractivity contribution is -0.113. The molecule has 2 aliphatic rings. The molecule has 0 bridgehead atoms. The Hall–Kier alpha value is -3.00. The summed E-state index contributed by atoms with van der Waals surface area (Å²) in [6.45, 7) is 2.68. The van der Waals surface area contributed by atoms with Crippen LogP contribution in [-0.2, 0) is 4.79 Å². The van der Waals surface area contributed by atoms with Gasteiger partial charge in [-0.2, -0.15) is 4.99 Å². The van der Waals surface area contributed by atoms with E-state index in [1.165, 1.54) is 17.8 Å². The van der Waals surface area contributed by atoms with Gasteiger partial charge in [-0.1, -0.05) is 12.1 Å². The highest BCUT2D eigenvalue weighted by atomic mass is 32.2. The number of carbonyl (C=O) groups excluding carboxylic acids is 1. The SMILES string of the molecule is COc1ccc(C=C2SC(N3CCN(c4ccccc4F)CC3)=NC2=O)c(OC)c1. The fourth-order valence-corrected chi connectivity index (χ4v) is 4.41. The zero-order valence-electron chi connectivity index (χ0n) is 16.8. The van der Waals surface area contributed by atoms with E-state index in [1.54, 1.807) is 38.5 Å². The van der Waals surface area contributed by atoms with E-state index in [0.717, 1.165) is 5.56 Å². The molecule has 0 N–H and O–H groups in total. The number of anilines is 1. The standard InChI is InChI=1S/C22H22FN3O3S/c1-28-16-8-7-15(19(14-16)29-2)13-20-21(27)24-22(30-20)26-11-9-25(10-12-26)18-6-4-3-5-17(18)23/h3-8,13-14H,9-12H2,1-2H3. The van der Waals surface area contributed by atoms with Gasteiger partial charge in [-0.15, -0.1) is 0 Å². The number of amidine groups is 1. The van der Waals surface area contributed by atoms with Gasteiger partial charge in [0.05, 0.1) is 24.8 Å². The van der Waals surface area contributed by atoms with Crippen molar-refractivity contribution in [2.45, 2.75) is 0 Å². The molecule has 2 aliphatic heterocycles. The van der Waals surface area contributed by atoms with E-state index >= 15 is 0 Å². The van der Waals surface area contributed by atoms with Gasteiger partial charge in [-0.05, 0) is 42.1 Å². The first-order valence-electron chi connectivity index (χ1n) is 9.58. The van der Waals surface area contributed by atoms with Crippen LogP contribution in [-0.4, -0.2) is 56.4 Å². The molecule has 0 radical (unpaired) electrons. The summed E-state index contributed by atoms with van der Waals surface area (Å²) in [5, 5.41) is 0.687. The van der Waals surface area contributed by atoms with E-state index in [4.69, 9.17) is 9.47 Å². The van der Waals surface area contributed by atoms with Crippen molar-refractivity contribution in [3.05, 3.63) is 58.8 Å². The number of amides is 1. The van der Waals surface area contributed by atoms with Crippen molar-refractivity contribution in [3.63, 3.8) is 0 Å². The second-order valence-corrected chi connectivity index (χ2v) is 7.85. The molecule has 0 unspecified atom stereocenters. The van der Waals surface area contributed by atoms with Crippen molar-refractivity contribution in [1.82, 2.24) is 4.90 Å². The first-order chi connectivity index (χ1) is 14.6. The van der Waals surface area contributed by atoms with Gasteiger partial charge in [0.2, 0.25) is 0 Å². The predicted molar refractivity (Wildman–Crippen MR) is 118 cm³/mol. The molecule has 8 heteroatoms. The molecular formula is C22H22FN3O3S. The molecule has 4 rings (SSSR count). The number of piperazine rings is 1. The second-order valence-electron chi connectivity index (χ2n) is 6.84. The van der Waals surface area contributed by atoms with E-state index < -0.39 is 0 Å². The lowest BCUT2D eigenvalue weighted by Crippen LogP contribution is -2.48. The molecular weight excluding hydrogens is 405 g/mol. The van der Waals surface area contributed by atoms with Crippen molar-refractivity contribution in [1.29, 1.82) is 0 Å². The summed E-state index contributed by atoms with van der Waals surface area (Å²) < 4.78 is 24.7. The van der Waals surface area contributed by atoms with Crippen LogP contribution in [0.3, 0.4) is 0 Å². The Morgan fingerprint density at radius 2 is 1.77 bits per heavy atom. The second kappa shape index (κ2) is 8.79. The highest BCUT2D eigenvalue weighted by Crippen LogP contribution is 2.34. The van der Waals surface area contributed by atoms with Gasteiger partial charge in [0.15, 0.2) is 5.17 Å². The lowest BCUT2D eigenvalue weighted by atomic mass is 10.1. The Labute approximate surface area is 179 Å². The maximum atomic E-state index is 14.0. The molecule has 1 amide bonds. The van der Waals surface area contributed by atoms with Crippen molar-refractivity contribution in [3.8, 4) is 11.5 Å². The van der Waals surface area contributed by atoms with Gasteiger partial charge in [-0.25, -0.2) is 4.39 Å². The smallest absolute Gasteiger partial charge is 0.286 e. The third-order valence-corrected chi connectivity index (χ3v) is 6.12. The van der Waals surface area contributed by atoms with E-state index in [1.807, 2.05) is 23.1 Å². The topological polar surface area (TPSA) is 54.4 Å².